The van der Waals surface area contributed by atoms with Gasteiger partial charge < -0.3 is 4.57 Å². The topological polar surface area (TPSA) is 52.7 Å². The van der Waals surface area contributed by atoms with Crippen molar-refractivity contribution in [1.29, 1.82) is 0 Å². The first-order valence-electron chi connectivity index (χ1n) is 6.88. The summed E-state index contributed by atoms with van der Waals surface area (Å²) < 4.78 is 3.58. The summed E-state index contributed by atoms with van der Waals surface area (Å²) in [7, 11) is 0. The van der Waals surface area contributed by atoms with Crippen LogP contribution in [0.3, 0.4) is 0 Å². The van der Waals surface area contributed by atoms with Gasteiger partial charge in [0.05, 0.1) is 12.2 Å². The van der Waals surface area contributed by atoms with Gasteiger partial charge in [0.25, 0.3) is 5.56 Å². The lowest BCUT2D eigenvalue weighted by Crippen LogP contribution is -2.20. The van der Waals surface area contributed by atoms with E-state index in [9.17, 15) is 4.79 Å². The maximum atomic E-state index is 12.1. The maximum Gasteiger partial charge on any atom is 0.250 e. The molecule has 0 unspecified atom stereocenters. The Hall–Kier alpha value is -2.40. The quantitative estimate of drug-likeness (QED) is 0.747. The Balaban J connectivity index is 2.00. The Morgan fingerprint density at radius 1 is 1.00 bits per heavy atom. The number of halogens is 1. The molecule has 0 radical (unpaired) electrons. The van der Waals surface area contributed by atoms with Crippen LogP contribution in [0.5, 0.6) is 0 Å². The van der Waals surface area contributed by atoms with E-state index in [0.717, 1.165) is 22.9 Å². The summed E-state index contributed by atoms with van der Waals surface area (Å²) in [5, 5.41) is 8.78. The van der Waals surface area contributed by atoms with E-state index >= 15 is 0 Å². The molecule has 0 aliphatic carbocycles. The van der Waals surface area contributed by atoms with Gasteiger partial charge in [-0.15, -0.1) is 10.2 Å². The molecule has 0 aliphatic heterocycles. The first kappa shape index (κ1) is 14.5. The Bertz CT molecular complexity index is 845. The second-order valence-corrected chi connectivity index (χ2v) is 5.55. The predicted molar refractivity (Wildman–Crippen MR) is 85.6 cm³/mol. The monoisotopic (exact) mass is 314 g/mol. The molecule has 0 N–H and O–H groups in total. The third kappa shape index (κ3) is 2.80. The molecule has 0 fully saturated rings. The van der Waals surface area contributed by atoms with Crippen LogP contribution in [0.15, 0.2) is 47.4 Å². The molecule has 0 amide bonds. The minimum atomic E-state index is -0.0536. The molecule has 2 heterocycles. The summed E-state index contributed by atoms with van der Waals surface area (Å²) >= 11 is 5.89. The van der Waals surface area contributed by atoms with Crippen LogP contribution in [0.1, 0.15) is 17.2 Å². The Labute approximate surface area is 132 Å². The highest BCUT2D eigenvalue weighted by Crippen LogP contribution is 2.13. The number of rotatable bonds is 3. The standard InChI is InChI=1S/C16H15ClN4O/c1-11-18-19-12(2)21(11)15-7-8-16(22)20(10-15)9-13-3-5-14(17)6-4-13/h3-8,10H,9H2,1-2H3. The Morgan fingerprint density at radius 3 is 2.27 bits per heavy atom. The molecule has 0 atom stereocenters. The number of benzene rings is 1. The molecule has 3 aromatic rings. The first-order valence-corrected chi connectivity index (χ1v) is 7.26. The van der Waals surface area contributed by atoms with E-state index < -0.39 is 0 Å². The molecule has 2 aromatic heterocycles. The van der Waals surface area contributed by atoms with Gasteiger partial charge in [-0.1, -0.05) is 23.7 Å². The predicted octanol–water partition coefficient (Wildman–Crippen LogP) is 2.75. The lowest BCUT2D eigenvalue weighted by Gasteiger charge is -2.11. The molecule has 0 saturated heterocycles. The van der Waals surface area contributed by atoms with Crippen LogP contribution in [0.4, 0.5) is 0 Å². The summed E-state index contributed by atoms with van der Waals surface area (Å²) in [5.74, 6) is 1.57. The molecule has 0 saturated carbocycles. The van der Waals surface area contributed by atoms with Crippen molar-refractivity contribution in [1.82, 2.24) is 19.3 Å². The number of nitrogens with zero attached hydrogens (tertiary/aromatic N) is 4. The van der Waals surface area contributed by atoms with Crippen LogP contribution in [0, 0.1) is 13.8 Å². The number of aromatic nitrogens is 4. The van der Waals surface area contributed by atoms with E-state index in [1.807, 2.05) is 48.9 Å². The molecule has 0 aliphatic rings. The van der Waals surface area contributed by atoms with E-state index in [4.69, 9.17) is 11.6 Å². The molecule has 3 rings (SSSR count). The van der Waals surface area contributed by atoms with Gasteiger partial charge >= 0.3 is 0 Å². The third-order valence-corrected chi connectivity index (χ3v) is 3.73. The molecule has 112 valence electrons. The van der Waals surface area contributed by atoms with E-state index in [0.29, 0.717) is 11.6 Å². The zero-order valence-electron chi connectivity index (χ0n) is 12.3. The fraction of sp³-hybridized carbons (Fsp3) is 0.188. The van der Waals surface area contributed by atoms with Crippen molar-refractivity contribution in [2.45, 2.75) is 20.4 Å². The fourth-order valence-corrected chi connectivity index (χ4v) is 2.53. The van der Waals surface area contributed by atoms with Crippen LogP contribution in [-0.4, -0.2) is 19.3 Å². The molecule has 1 aromatic carbocycles. The van der Waals surface area contributed by atoms with Crippen LogP contribution in [-0.2, 0) is 6.54 Å². The molecule has 5 nitrogen and oxygen atoms in total. The summed E-state index contributed by atoms with van der Waals surface area (Å²) in [6.07, 6.45) is 1.82. The summed E-state index contributed by atoms with van der Waals surface area (Å²) in [4.78, 5) is 12.1. The summed E-state index contributed by atoms with van der Waals surface area (Å²) in [5.41, 5.74) is 1.83. The number of hydrogen-bond donors (Lipinski definition) is 0. The second-order valence-electron chi connectivity index (χ2n) is 5.11. The van der Waals surface area contributed by atoms with Crippen LogP contribution in [0.25, 0.3) is 5.69 Å². The van der Waals surface area contributed by atoms with Gasteiger partial charge in [0.15, 0.2) is 0 Å². The minimum absolute atomic E-state index is 0.0536. The fourth-order valence-electron chi connectivity index (χ4n) is 2.40. The SMILES string of the molecule is Cc1nnc(C)n1-c1ccc(=O)n(Cc2ccc(Cl)cc2)c1. The van der Waals surface area contributed by atoms with Crippen molar-refractivity contribution in [2.75, 3.05) is 0 Å². The van der Waals surface area contributed by atoms with Gasteiger partial charge in [-0.25, -0.2) is 0 Å². The second kappa shape index (κ2) is 5.77. The summed E-state index contributed by atoms with van der Waals surface area (Å²) in [6, 6.07) is 10.8. The maximum absolute atomic E-state index is 12.1. The van der Waals surface area contributed by atoms with Crippen LogP contribution >= 0.6 is 11.6 Å². The first-order chi connectivity index (χ1) is 10.5. The number of hydrogen-bond acceptors (Lipinski definition) is 3. The largest absolute Gasteiger partial charge is 0.309 e. The molecule has 6 heteroatoms. The number of aryl methyl sites for hydroxylation is 2. The zero-order valence-corrected chi connectivity index (χ0v) is 13.1. The van der Waals surface area contributed by atoms with Gasteiger partial charge in [-0.2, -0.15) is 0 Å². The average molecular weight is 315 g/mol. The van der Waals surface area contributed by atoms with Crippen LogP contribution < -0.4 is 5.56 Å². The van der Waals surface area contributed by atoms with Crippen molar-refractivity contribution < 1.29 is 0 Å². The highest BCUT2D eigenvalue weighted by Gasteiger charge is 2.08. The van der Waals surface area contributed by atoms with Gasteiger partial charge in [-0.3, -0.25) is 9.36 Å². The van der Waals surface area contributed by atoms with E-state index in [1.165, 1.54) is 0 Å². The van der Waals surface area contributed by atoms with E-state index in [-0.39, 0.29) is 5.56 Å². The van der Waals surface area contributed by atoms with Crippen LogP contribution in [0.2, 0.25) is 5.02 Å². The molecule has 0 spiro atoms. The lowest BCUT2D eigenvalue weighted by atomic mass is 10.2. The summed E-state index contributed by atoms with van der Waals surface area (Å²) in [6.45, 7) is 4.26. The highest BCUT2D eigenvalue weighted by atomic mass is 35.5. The normalized spacial score (nSPS) is 10.9. The van der Waals surface area contributed by atoms with Crippen molar-refractivity contribution in [3.05, 3.63) is 75.2 Å². The van der Waals surface area contributed by atoms with Gasteiger partial charge in [0.2, 0.25) is 0 Å². The van der Waals surface area contributed by atoms with Crippen molar-refractivity contribution in [3.8, 4) is 5.69 Å². The molecular formula is C16H15ClN4O. The number of pyridine rings is 1. The Morgan fingerprint density at radius 2 is 1.64 bits per heavy atom. The van der Waals surface area contributed by atoms with Gasteiger partial charge in [0, 0.05) is 17.3 Å². The van der Waals surface area contributed by atoms with E-state index in [2.05, 4.69) is 10.2 Å². The molecule has 0 bridgehead atoms. The average Bonchev–Trinajstić information content (AvgIpc) is 2.83. The lowest BCUT2D eigenvalue weighted by molar-refractivity contribution is 0.748. The smallest absolute Gasteiger partial charge is 0.250 e. The Kier molecular flexibility index (Phi) is 3.81. The van der Waals surface area contributed by atoms with E-state index in [1.54, 1.807) is 16.7 Å². The van der Waals surface area contributed by atoms with Gasteiger partial charge in [0.1, 0.15) is 11.6 Å². The van der Waals surface area contributed by atoms with Crippen molar-refractivity contribution in [2.24, 2.45) is 0 Å². The van der Waals surface area contributed by atoms with Crippen molar-refractivity contribution >= 4 is 11.6 Å². The van der Waals surface area contributed by atoms with Gasteiger partial charge in [-0.05, 0) is 37.6 Å². The third-order valence-electron chi connectivity index (χ3n) is 3.48. The zero-order chi connectivity index (χ0) is 15.7. The van der Waals surface area contributed by atoms with Crippen molar-refractivity contribution in [3.63, 3.8) is 0 Å². The minimum Gasteiger partial charge on any atom is -0.309 e. The molecule has 22 heavy (non-hydrogen) atoms. The molecular weight excluding hydrogens is 300 g/mol. The highest BCUT2D eigenvalue weighted by molar-refractivity contribution is 6.30.